The maximum Gasteiger partial charge on any atom is 0.0111 e. The van der Waals surface area contributed by atoms with Crippen LogP contribution in [0.5, 0.6) is 0 Å². The molecule has 0 spiro atoms. The van der Waals surface area contributed by atoms with E-state index in [-0.39, 0.29) is 0 Å². The van der Waals surface area contributed by atoms with Crippen molar-refractivity contribution in [2.75, 3.05) is 13.1 Å². The van der Waals surface area contributed by atoms with E-state index in [1.807, 2.05) is 0 Å². The molecule has 0 aliphatic carbocycles. The molecular formula is C13H26N2. The minimum atomic E-state index is 0.837. The predicted molar refractivity (Wildman–Crippen MR) is 65.0 cm³/mol. The zero-order valence-electron chi connectivity index (χ0n) is 10.3. The lowest BCUT2D eigenvalue weighted by Crippen LogP contribution is -2.33. The molecule has 3 unspecified atom stereocenters. The third kappa shape index (κ3) is 2.73. The molecule has 2 bridgehead atoms. The van der Waals surface area contributed by atoms with Crippen LogP contribution in [0, 0.1) is 11.8 Å². The molecule has 0 amide bonds. The van der Waals surface area contributed by atoms with Gasteiger partial charge in [-0.25, -0.2) is 0 Å². The standard InChI is InChI=1S/C13H26N2/c1-3-10(4-2)8-14-9-11-7-12-5-6-13(11)15-12/h10-15H,3-9H2,1-2H3. The molecule has 88 valence electrons. The molecule has 2 saturated heterocycles. The van der Waals surface area contributed by atoms with E-state index in [2.05, 4.69) is 24.5 Å². The normalized spacial score (nSPS) is 34.2. The fourth-order valence-corrected chi connectivity index (χ4v) is 3.21. The maximum atomic E-state index is 3.70. The SMILES string of the molecule is CCC(CC)CNCC1CC2CCC1N2. The van der Waals surface area contributed by atoms with Crippen LogP contribution in [0.15, 0.2) is 0 Å². The summed E-state index contributed by atoms with van der Waals surface area (Å²) in [5.74, 6) is 1.80. The Bertz CT molecular complexity index is 189. The Hall–Kier alpha value is -0.0800. The molecule has 0 saturated carbocycles. The quantitative estimate of drug-likeness (QED) is 0.702. The largest absolute Gasteiger partial charge is 0.316 e. The van der Waals surface area contributed by atoms with Crippen molar-refractivity contribution in [2.24, 2.45) is 11.8 Å². The molecule has 2 fully saturated rings. The van der Waals surface area contributed by atoms with Gasteiger partial charge in [0.15, 0.2) is 0 Å². The lowest BCUT2D eigenvalue weighted by Gasteiger charge is -2.22. The molecule has 2 N–H and O–H groups in total. The van der Waals surface area contributed by atoms with Crippen LogP contribution in [-0.4, -0.2) is 25.2 Å². The summed E-state index contributed by atoms with van der Waals surface area (Å²) in [6, 6.07) is 1.69. The average Bonchev–Trinajstić information content (AvgIpc) is 2.86. The van der Waals surface area contributed by atoms with Crippen LogP contribution in [0.4, 0.5) is 0 Å². The summed E-state index contributed by atoms with van der Waals surface area (Å²) in [6.07, 6.45) is 6.90. The van der Waals surface area contributed by atoms with Gasteiger partial charge in [0.2, 0.25) is 0 Å². The molecule has 15 heavy (non-hydrogen) atoms. The second-order valence-corrected chi connectivity index (χ2v) is 5.38. The van der Waals surface area contributed by atoms with Gasteiger partial charge in [0.25, 0.3) is 0 Å². The van der Waals surface area contributed by atoms with Crippen molar-refractivity contribution in [3.05, 3.63) is 0 Å². The average molecular weight is 210 g/mol. The minimum absolute atomic E-state index is 0.837. The van der Waals surface area contributed by atoms with Gasteiger partial charge < -0.3 is 10.6 Å². The van der Waals surface area contributed by atoms with Gasteiger partial charge in [0.05, 0.1) is 0 Å². The number of hydrogen-bond acceptors (Lipinski definition) is 2. The molecule has 3 atom stereocenters. The fraction of sp³-hybridized carbons (Fsp3) is 1.00. The molecule has 2 aliphatic heterocycles. The van der Waals surface area contributed by atoms with E-state index in [1.165, 1.54) is 45.2 Å². The molecule has 0 aromatic rings. The number of rotatable bonds is 6. The summed E-state index contributed by atoms with van der Waals surface area (Å²) in [4.78, 5) is 0. The Morgan fingerprint density at radius 2 is 2.07 bits per heavy atom. The van der Waals surface area contributed by atoms with Gasteiger partial charge in [-0.15, -0.1) is 0 Å². The summed E-state index contributed by atoms with van der Waals surface area (Å²) in [5, 5.41) is 7.38. The summed E-state index contributed by atoms with van der Waals surface area (Å²) >= 11 is 0. The highest BCUT2D eigenvalue weighted by Gasteiger charge is 2.38. The summed E-state index contributed by atoms with van der Waals surface area (Å²) in [7, 11) is 0. The second kappa shape index (κ2) is 5.31. The molecule has 0 aromatic heterocycles. The highest BCUT2D eigenvalue weighted by Crippen LogP contribution is 2.32. The third-order valence-electron chi connectivity index (χ3n) is 4.43. The first-order valence-corrected chi connectivity index (χ1v) is 6.80. The smallest absolute Gasteiger partial charge is 0.0111 e. The molecule has 2 heteroatoms. The summed E-state index contributed by atoms with van der Waals surface area (Å²) in [6.45, 7) is 7.06. The van der Waals surface area contributed by atoms with E-state index in [0.717, 1.165) is 23.9 Å². The van der Waals surface area contributed by atoms with E-state index >= 15 is 0 Å². The Morgan fingerprint density at radius 3 is 2.60 bits per heavy atom. The number of nitrogens with one attached hydrogen (secondary N) is 2. The van der Waals surface area contributed by atoms with Gasteiger partial charge in [-0.1, -0.05) is 26.7 Å². The first-order chi connectivity index (χ1) is 7.33. The first kappa shape index (κ1) is 11.4. The van der Waals surface area contributed by atoms with E-state index in [1.54, 1.807) is 0 Å². The number of fused-ring (bicyclic) bond motifs is 2. The van der Waals surface area contributed by atoms with E-state index in [9.17, 15) is 0 Å². The van der Waals surface area contributed by atoms with Crippen molar-refractivity contribution in [3.63, 3.8) is 0 Å². The van der Waals surface area contributed by atoms with Crippen molar-refractivity contribution in [1.82, 2.24) is 10.6 Å². The van der Waals surface area contributed by atoms with Crippen LogP contribution < -0.4 is 10.6 Å². The molecule has 0 radical (unpaired) electrons. The molecular weight excluding hydrogens is 184 g/mol. The first-order valence-electron chi connectivity index (χ1n) is 6.80. The van der Waals surface area contributed by atoms with Gasteiger partial charge in [-0.05, 0) is 44.2 Å². The Balaban J connectivity index is 1.62. The van der Waals surface area contributed by atoms with Gasteiger partial charge in [0, 0.05) is 12.1 Å². The molecule has 2 nitrogen and oxygen atoms in total. The summed E-state index contributed by atoms with van der Waals surface area (Å²) in [5.41, 5.74) is 0. The monoisotopic (exact) mass is 210 g/mol. The van der Waals surface area contributed by atoms with Gasteiger partial charge >= 0.3 is 0 Å². The van der Waals surface area contributed by atoms with Crippen molar-refractivity contribution in [1.29, 1.82) is 0 Å². The summed E-state index contributed by atoms with van der Waals surface area (Å²) < 4.78 is 0. The lowest BCUT2D eigenvalue weighted by molar-refractivity contribution is 0.360. The highest BCUT2D eigenvalue weighted by molar-refractivity contribution is 4.97. The van der Waals surface area contributed by atoms with Crippen LogP contribution >= 0.6 is 0 Å². The molecule has 2 aliphatic rings. The third-order valence-corrected chi connectivity index (χ3v) is 4.43. The van der Waals surface area contributed by atoms with Gasteiger partial charge in [-0.3, -0.25) is 0 Å². The lowest BCUT2D eigenvalue weighted by atomic mass is 9.89. The molecule has 2 heterocycles. The second-order valence-electron chi connectivity index (χ2n) is 5.38. The topological polar surface area (TPSA) is 24.1 Å². The maximum absolute atomic E-state index is 3.70. The van der Waals surface area contributed by atoms with Crippen LogP contribution in [0.25, 0.3) is 0 Å². The Morgan fingerprint density at radius 1 is 1.27 bits per heavy atom. The fourth-order valence-electron chi connectivity index (χ4n) is 3.21. The van der Waals surface area contributed by atoms with Crippen molar-refractivity contribution >= 4 is 0 Å². The van der Waals surface area contributed by atoms with Crippen molar-refractivity contribution in [2.45, 2.75) is 58.0 Å². The van der Waals surface area contributed by atoms with Crippen molar-refractivity contribution < 1.29 is 0 Å². The van der Waals surface area contributed by atoms with Crippen LogP contribution in [0.3, 0.4) is 0 Å². The van der Waals surface area contributed by atoms with Crippen LogP contribution in [0.1, 0.15) is 46.0 Å². The predicted octanol–water partition coefficient (Wildman–Crippen LogP) is 2.15. The number of hydrogen-bond donors (Lipinski definition) is 2. The Kier molecular flexibility index (Phi) is 4.04. The van der Waals surface area contributed by atoms with E-state index < -0.39 is 0 Å². The zero-order valence-corrected chi connectivity index (χ0v) is 10.3. The van der Waals surface area contributed by atoms with Crippen LogP contribution in [0.2, 0.25) is 0 Å². The van der Waals surface area contributed by atoms with Crippen LogP contribution in [-0.2, 0) is 0 Å². The highest BCUT2D eigenvalue weighted by atomic mass is 15.0. The van der Waals surface area contributed by atoms with Gasteiger partial charge in [-0.2, -0.15) is 0 Å². The molecule has 2 rings (SSSR count). The van der Waals surface area contributed by atoms with E-state index in [0.29, 0.717) is 0 Å². The van der Waals surface area contributed by atoms with Crippen molar-refractivity contribution in [3.8, 4) is 0 Å². The van der Waals surface area contributed by atoms with E-state index in [4.69, 9.17) is 0 Å². The van der Waals surface area contributed by atoms with Gasteiger partial charge in [0.1, 0.15) is 0 Å². The minimum Gasteiger partial charge on any atom is -0.316 e. The molecule has 0 aromatic carbocycles. The zero-order chi connectivity index (χ0) is 10.7. The Labute approximate surface area is 94.2 Å².